The first-order chi connectivity index (χ1) is 9.29. The maximum Gasteiger partial charge on any atom is 0.419 e. The van der Waals surface area contributed by atoms with E-state index < -0.39 is 23.5 Å². The zero-order chi connectivity index (χ0) is 14.9. The van der Waals surface area contributed by atoms with Crippen LogP contribution in [0.3, 0.4) is 0 Å². The molecule has 1 fully saturated rings. The molecule has 0 saturated carbocycles. The SMILES string of the molecule is CC1CCN(C(=O)c2ccc(F)c(C(F)(F)F)c2)CC1. The molecule has 0 bridgehead atoms. The number of hydrogen-bond donors (Lipinski definition) is 0. The molecule has 1 aliphatic heterocycles. The van der Waals surface area contributed by atoms with Gasteiger partial charge >= 0.3 is 6.18 Å². The lowest BCUT2D eigenvalue weighted by Crippen LogP contribution is -2.38. The summed E-state index contributed by atoms with van der Waals surface area (Å²) in [5.74, 6) is -1.32. The highest BCUT2D eigenvalue weighted by Gasteiger charge is 2.35. The van der Waals surface area contributed by atoms with Crippen LogP contribution in [-0.4, -0.2) is 23.9 Å². The summed E-state index contributed by atoms with van der Waals surface area (Å²) in [4.78, 5) is 13.7. The van der Waals surface area contributed by atoms with E-state index in [9.17, 15) is 22.4 Å². The number of halogens is 4. The summed E-state index contributed by atoms with van der Waals surface area (Å²) >= 11 is 0. The van der Waals surface area contributed by atoms with Gasteiger partial charge in [-0.15, -0.1) is 0 Å². The number of amides is 1. The van der Waals surface area contributed by atoms with E-state index in [0.717, 1.165) is 18.9 Å². The number of hydrogen-bond acceptors (Lipinski definition) is 1. The van der Waals surface area contributed by atoms with Gasteiger partial charge in [-0.1, -0.05) is 6.92 Å². The first-order valence-electron chi connectivity index (χ1n) is 6.45. The van der Waals surface area contributed by atoms with Crippen molar-refractivity contribution in [3.8, 4) is 0 Å². The number of rotatable bonds is 1. The normalized spacial score (nSPS) is 17.4. The largest absolute Gasteiger partial charge is 0.419 e. The summed E-state index contributed by atoms with van der Waals surface area (Å²) in [5, 5.41) is 0. The van der Waals surface area contributed by atoms with E-state index >= 15 is 0 Å². The van der Waals surface area contributed by atoms with Crippen molar-refractivity contribution in [1.29, 1.82) is 0 Å². The van der Waals surface area contributed by atoms with E-state index in [0.29, 0.717) is 31.1 Å². The van der Waals surface area contributed by atoms with Gasteiger partial charge in [-0.2, -0.15) is 13.2 Å². The van der Waals surface area contributed by atoms with Crippen LogP contribution >= 0.6 is 0 Å². The first-order valence-corrected chi connectivity index (χ1v) is 6.45. The molecule has 0 aliphatic carbocycles. The van der Waals surface area contributed by atoms with E-state index in [1.165, 1.54) is 4.90 Å². The van der Waals surface area contributed by atoms with Crippen molar-refractivity contribution < 1.29 is 22.4 Å². The van der Waals surface area contributed by atoms with Gasteiger partial charge in [0.1, 0.15) is 5.82 Å². The van der Waals surface area contributed by atoms with Crippen molar-refractivity contribution in [2.75, 3.05) is 13.1 Å². The smallest absolute Gasteiger partial charge is 0.339 e. The molecular formula is C14H15F4NO. The number of piperidine rings is 1. The standard InChI is InChI=1S/C14H15F4NO/c1-9-4-6-19(7-5-9)13(20)10-2-3-12(15)11(8-10)14(16,17)18/h2-3,8-9H,4-7H2,1H3. The fourth-order valence-corrected chi connectivity index (χ4v) is 2.27. The highest BCUT2D eigenvalue weighted by atomic mass is 19.4. The monoisotopic (exact) mass is 289 g/mol. The van der Waals surface area contributed by atoms with Crippen LogP contribution in [-0.2, 0) is 6.18 Å². The summed E-state index contributed by atoms with van der Waals surface area (Å²) in [5.41, 5.74) is -1.51. The minimum absolute atomic E-state index is 0.117. The molecular weight excluding hydrogens is 274 g/mol. The molecule has 1 aromatic carbocycles. The lowest BCUT2D eigenvalue weighted by Gasteiger charge is -2.30. The Morgan fingerprint density at radius 1 is 1.25 bits per heavy atom. The maximum atomic E-state index is 13.2. The van der Waals surface area contributed by atoms with Crippen LogP contribution in [0.2, 0.25) is 0 Å². The Bertz CT molecular complexity index is 504. The summed E-state index contributed by atoms with van der Waals surface area (Å²) in [6, 6.07) is 2.39. The molecule has 6 heteroatoms. The minimum Gasteiger partial charge on any atom is -0.339 e. The summed E-state index contributed by atoms with van der Waals surface area (Å²) < 4.78 is 51.0. The van der Waals surface area contributed by atoms with Crippen LogP contribution < -0.4 is 0 Å². The fraction of sp³-hybridized carbons (Fsp3) is 0.500. The van der Waals surface area contributed by atoms with E-state index in [1.54, 1.807) is 0 Å². The van der Waals surface area contributed by atoms with Crippen LogP contribution in [0.1, 0.15) is 35.7 Å². The molecule has 0 N–H and O–H groups in total. The molecule has 0 aromatic heterocycles. The van der Waals surface area contributed by atoms with E-state index in [-0.39, 0.29) is 5.56 Å². The third kappa shape index (κ3) is 3.11. The second-order valence-electron chi connectivity index (χ2n) is 5.17. The quantitative estimate of drug-likeness (QED) is 0.722. The van der Waals surface area contributed by atoms with Gasteiger partial charge < -0.3 is 4.90 Å². The van der Waals surface area contributed by atoms with Gasteiger partial charge in [0.05, 0.1) is 5.56 Å². The first kappa shape index (κ1) is 14.8. The van der Waals surface area contributed by atoms with E-state index in [2.05, 4.69) is 6.92 Å². The van der Waals surface area contributed by atoms with Crippen molar-refractivity contribution in [2.45, 2.75) is 25.9 Å². The van der Waals surface area contributed by atoms with E-state index in [4.69, 9.17) is 0 Å². The summed E-state index contributed by atoms with van der Waals surface area (Å²) in [6.07, 6.45) is -3.13. The highest BCUT2D eigenvalue weighted by molar-refractivity contribution is 5.94. The Morgan fingerprint density at radius 3 is 2.40 bits per heavy atom. The number of likely N-dealkylation sites (tertiary alicyclic amines) is 1. The lowest BCUT2D eigenvalue weighted by molar-refractivity contribution is -0.140. The predicted molar refractivity (Wildman–Crippen MR) is 65.7 cm³/mol. The Morgan fingerprint density at radius 2 is 1.85 bits per heavy atom. The molecule has 1 saturated heterocycles. The Balaban J connectivity index is 2.23. The van der Waals surface area contributed by atoms with Gasteiger partial charge in [0.2, 0.25) is 0 Å². The minimum atomic E-state index is -4.79. The lowest BCUT2D eigenvalue weighted by atomic mass is 9.98. The Kier molecular flexibility index (Phi) is 4.01. The van der Waals surface area contributed by atoms with Crippen LogP contribution in [0.15, 0.2) is 18.2 Å². The Hall–Kier alpha value is -1.59. The zero-order valence-corrected chi connectivity index (χ0v) is 11.0. The molecule has 20 heavy (non-hydrogen) atoms. The number of benzene rings is 1. The summed E-state index contributed by atoms with van der Waals surface area (Å²) in [6.45, 7) is 3.12. The molecule has 0 radical (unpaired) electrons. The fourth-order valence-electron chi connectivity index (χ4n) is 2.27. The second-order valence-corrected chi connectivity index (χ2v) is 5.17. The average Bonchev–Trinajstić information content (AvgIpc) is 2.38. The van der Waals surface area contributed by atoms with E-state index in [1.807, 2.05) is 0 Å². The van der Waals surface area contributed by atoms with Crippen molar-refractivity contribution in [3.63, 3.8) is 0 Å². The van der Waals surface area contributed by atoms with Gasteiger partial charge in [-0.25, -0.2) is 4.39 Å². The number of nitrogens with zero attached hydrogens (tertiary/aromatic N) is 1. The molecule has 2 nitrogen and oxygen atoms in total. The molecule has 110 valence electrons. The van der Waals surface area contributed by atoms with Gasteiger partial charge in [0.25, 0.3) is 5.91 Å². The average molecular weight is 289 g/mol. The van der Waals surface area contributed by atoms with Crippen molar-refractivity contribution in [2.24, 2.45) is 5.92 Å². The van der Waals surface area contributed by atoms with Gasteiger partial charge in [-0.05, 0) is 37.0 Å². The predicted octanol–water partition coefficient (Wildman–Crippen LogP) is 3.72. The van der Waals surface area contributed by atoms with Gasteiger partial charge in [-0.3, -0.25) is 4.79 Å². The zero-order valence-electron chi connectivity index (χ0n) is 11.0. The molecule has 2 rings (SSSR count). The van der Waals surface area contributed by atoms with Crippen LogP contribution in [0, 0.1) is 11.7 Å². The van der Waals surface area contributed by atoms with Crippen molar-refractivity contribution >= 4 is 5.91 Å². The summed E-state index contributed by atoms with van der Waals surface area (Å²) in [7, 11) is 0. The molecule has 0 atom stereocenters. The molecule has 1 aliphatic rings. The molecule has 0 spiro atoms. The Labute approximate surface area is 114 Å². The molecule has 1 heterocycles. The highest BCUT2D eigenvalue weighted by Crippen LogP contribution is 2.32. The van der Waals surface area contributed by atoms with Gasteiger partial charge in [0.15, 0.2) is 0 Å². The topological polar surface area (TPSA) is 20.3 Å². The third-order valence-electron chi connectivity index (χ3n) is 3.59. The molecule has 1 aromatic rings. The molecule has 1 amide bonds. The van der Waals surface area contributed by atoms with Gasteiger partial charge in [0, 0.05) is 18.7 Å². The van der Waals surface area contributed by atoms with Crippen molar-refractivity contribution in [1.82, 2.24) is 4.90 Å². The van der Waals surface area contributed by atoms with Crippen LogP contribution in [0.4, 0.5) is 17.6 Å². The number of alkyl halides is 3. The number of carbonyl (C=O) groups is 1. The molecule has 0 unspecified atom stereocenters. The van der Waals surface area contributed by atoms with Crippen LogP contribution in [0.5, 0.6) is 0 Å². The maximum absolute atomic E-state index is 13.2. The second kappa shape index (κ2) is 5.42. The van der Waals surface area contributed by atoms with Crippen LogP contribution in [0.25, 0.3) is 0 Å². The third-order valence-corrected chi connectivity index (χ3v) is 3.59. The van der Waals surface area contributed by atoms with Crippen molar-refractivity contribution in [3.05, 3.63) is 35.1 Å². The number of carbonyl (C=O) groups excluding carboxylic acids is 1.